The van der Waals surface area contributed by atoms with Crippen LogP contribution in [0.4, 0.5) is 0 Å². The molecule has 0 bridgehead atoms. The molecule has 0 radical (unpaired) electrons. The first-order valence-corrected chi connectivity index (χ1v) is 33.5. The van der Waals surface area contributed by atoms with Crippen LogP contribution in [0.2, 0.25) is 0 Å². The van der Waals surface area contributed by atoms with Gasteiger partial charge in [-0.25, -0.2) is 0 Å². The molecule has 13 N–H and O–H groups in total. The molecule has 0 rings (SSSR count). The van der Waals surface area contributed by atoms with Crippen LogP contribution in [0.1, 0.15) is 123 Å². The molecule has 0 heterocycles. The summed E-state index contributed by atoms with van der Waals surface area (Å²) in [5.74, 6) is -16.3. The van der Waals surface area contributed by atoms with E-state index >= 15 is 4.79 Å². The molecule has 37 heteroatoms. The topological polar surface area (TPSA) is 579 Å². The fraction of sp³-hybridized carbons (Fsp3) is 0.824. The SMILES string of the molecule is CCC(CC)(CC)COC(=O)C(C)(COC(=O)C(C)(CO)COC(=O)C(C)(COC(=O)C(C)(CO)CO)COC(=O)C(C)(CO)CO)COC(=O)C(C)(COC(=O)C(C)(COC(=O)C(C)(CO)CO)COC(=O)C(C)(CO)CO)COC(=O)C(C)(COC(=O)C(C)(CO)CO)COC(=O)C(C)(CO)CO. The minimum Gasteiger partial charge on any atom is -0.464 e. The van der Waals surface area contributed by atoms with E-state index < -0.39 is 301 Å². The lowest BCUT2D eigenvalue weighted by atomic mass is 9.80. The van der Waals surface area contributed by atoms with Gasteiger partial charge < -0.3 is 123 Å². The van der Waals surface area contributed by atoms with Gasteiger partial charge in [0.25, 0.3) is 0 Å². The van der Waals surface area contributed by atoms with Crippen LogP contribution >= 0.6 is 0 Å². The van der Waals surface area contributed by atoms with E-state index in [1.807, 2.05) is 20.8 Å². The van der Waals surface area contributed by atoms with E-state index in [9.17, 15) is 119 Å². The van der Waals surface area contributed by atoms with Gasteiger partial charge in [-0.1, -0.05) is 20.8 Å². The zero-order valence-electron chi connectivity index (χ0n) is 62.9. The van der Waals surface area contributed by atoms with Crippen LogP contribution in [-0.2, 0) is 114 Å². The number of aliphatic hydroxyl groups excluding tert-OH is 13. The van der Waals surface area contributed by atoms with Gasteiger partial charge in [-0.3, -0.25) is 57.5 Å². The number of aliphatic hydroxyl groups is 13. The Labute approximate surface area is 609 Å². The molecule has 0 aliphatic rings. The van der Waals surface area contributed by atoms with Crippen LogP contribution in [-0.4, -0.2) is 303 Å². The fourth-order valence-electron chi connectivity index (χ4n) is 7.88. The van der Waals surface area contributed by atoms with Crippen molar-refractivity contribution < 1.29 is 181 Å². The van der Waals surface area contributed by atoms with Gasteiger partial charge in [0.05, 0.1) is 92.5 Å². The second-order valence-electron chi connectivity index (χ2n) is 30.3. The van der Waals surface area contributed by atoms with Crippen molar-refractivity contribution >= 4 is 71.6 Å². The molecule has 0 spiro atoms. The van der Waals surface area contributed by atoms with Crippen LogP contribution in [0.5, 0.6) is 0 Å². The quantitative estimate of drug-likeness (QED) is 0.0210. The molecule has 0 amide bonds. The van der Waals surface area contributed by atoms with Crippen LogP contribution in [0.25, 0.3) is 0 Å². The molecule has 0 aromatic carbocycles. The molecule has 0 fully saturated rings. The summed E-state index contributed by atoms with van der Waals surface area (Å²) in [7, 11) is 0. The largest absolute Gasteiger partial charge is 0.464 e. The second-order valence-corrected chi connectivity index (χ2v) is 30.3. The highest BCUT2D eigenvalue weighted by Gasteiger charge is 2.52. The second kappa shape index (κ2) is 41.5. The molecule has 0 aromatic heterocycles. The summed E-state index contributed by atoms with van der Waals surface area (Å²) in [6.07, 6.45) is 1.36. The molecule has 105 heavy (non-hydrogen) atoms. The first-order valence-electron chi connectivity index (χ1n) is 33.5. The molecule has 0 aliphatic carbocycles. The summed E-state index contributed by atoms with van der Waals surface area (Å²) in [4.78, 5) is 166. The Kier molecular flexibility index (Phi) is 38.7. The Bertz CT molecular complexity index is 2670. The Morgan fingerprint density at radius 2 is 0.267 bits per heavy atom. The zero-order chi connectivity index (χ0) is 81.7. The number of ether oxygens (including phenoxy) is 12. The highest BCUT2D eigenvalue weighted by atomic mass is 16.6. The summed E-state index contributed by atoms with van der Waals surface area (Å²) in [6, 6.07) is 0. The van der Waals surface area contributed by atoms with E-state index in [1.54, 1.807) is 0 Å². The molecular weight excluding hydrogens is 1410 g/mol. The molecule has 37 nitrogen and oxygen atoms in total. The van der Waals surface area contributed by atoms with Gasteiger partial charge in [0.15, 0.2) is 0 Å². The van der Waals surface area contributed by atoms with Gasteiger partial charge in [-0.15, -0.1) is 0 Å². The molecule has 2 unspecified atom stereocenters. The molecule has 0 saturated heterocycles. The average molecular weight is 1520 g/mol. The Morgan fingerprint density at radius 1 is 0.171 bits per heavy atom. The van der Waals surface area contributed by atoms with Gasteiger partial charge >= 0.3 is 71.6 Å². The fourth-order valence-corrected chi connectivity index (χ4v) is 7.88. The third kappa shape index (κ3) is 25.6. The van der Waals surface area contributed by atoms with Gasteiger partial charge in [0, 0.05) is 5.41 Å². The van der Waals surface area contributed by atoms with Crippen molar-refractivity contribution in [3.63, 3.8) is 0 Å². The van der Waals surface area contributed by atoms with Crippen LogP contribution in [0.3, 0.4) is 0 Å². The summed E-state index contributed by atoms with van der Waals surface area (Å²) < 4.78 is 65.8. The highest BCUT2D eigenvalue weighted by molar-refractivity contribution is 5.86. The maximum absolute atomic E-state index is 15.1. The summed E-state index contributed by atoms with van der Waals surface area (Å²) in [6.45, 7) is -7.61. The van der Waals surface area contributed by atoms with E-state index in [0.29, 0.717) is 19.3 Å². The zero-order valence-corrected chi connectivity index (χ0v) is 62.9. The van der Waals surface area contributed by atoms with Crippen molar-refractivity contribution in [1.29, 1.82) is 0 Å². The predicted octanol–water partition coefficient (Wildman–Crippen LogP) is -3.30. The van der Waals surface area contributed by atoms with Crippen molar-refractivity contribution in [2.45, 2.75) is 123 Å². The van der Waals surface area contributed by atoms with Gasteiger partial charge in [-0.2, -0.15) is 0 Å². The summed E-state index contributed by atoms with van der Waals surface area (Å²) in [5, 5.41) is 129. The summed E-state index contributed by atoms with van der Waals surface area (Å²) >= 11 is 0. The highest BCUT2D eigenvalue weighted by Crippen LogP contribution is 2.36. The third-order valence-corrected chi connectivity index (χ3v) is 18.9. The number of carbonyl (C=O) groups is 12. The molecule has 0 aliphatic heterocycles. The van der Waals surface area contributed by atoms with E-state index in [4.69, 9.17) is 56.8 Å². The Hall–Kier alpha value is -6.88. The number of rotatable bonds is 52. The summed E-state index contributed by atoms with van der Waals surface area (Å²) in [5.41, 5.74) is -26.8. The third-order valence-electron chi connectivity index (χ3n) is 18.9. The predicted molar refractivity (Wildman–Crippen MR) is 354 cm³/mol. The van der Waals surface area contributed by atoms with Crippen LogP contribution in [0.15, 0.2) is 0 Å². The van der Waals surface area contributed by atoms with Crippen molar-refractivity contribution in [3.05, 3.63) is 0 Å². The van der Waals surface area contributed by atoms with Crippen LogP contribution < -0.4 is 0 Å². The molecular formula is C68H114O37. The smallest absolute Gasteiger partial charge is 0.318 e. The number of esters is 12. The number of hydrogen-bond donors (Lipinski definition) is 13. The Morgan fingerprint density at radius 3 is 0.381 bits per heavy atom. The maximum Gasteiger partial charge on any atom is 0.318 e. The Balaban J connectivity index is 8.29. The first kappa shape index (κ1) is 98.1. The van der Waals surface area contributed by atoms with Crippen molar-refractivity contribution in [3.8, 4) is 0 Å². The normalized spacial score (nSPS) is 14.1. The monoisotopic (exact) mass is 1520 g/mol. The molecule has 608 valence electrons. The minimum atomic E-state index is -2.60. The first-order chi connectivity index (χ1) is 48.5. The van der Waals surface area contributed by atoms with Crippen molar-refractivity contribution in [2.75, 3.05) is 165 Å². The van der Waals surface area contributed by atoms with Crippen molar-refractivity contribution in [2.24, 2.45) is 70.4 Å². The van der Waals surface area contributed by atoms with Gasteiger partial charge in [0.2, 0.25) is 0 Å². The van der Waals surface area contributed by atoms with E-state index in [2.05, 4.69) is 0 Å². The van der Waals surface area contributed by atoms with E-state index in [1.165, 1.54) is 0 Å². The van der Waals surface area contributed by atoms with E-state index in [0.717, 1.165) is 83.1 Å². The lowest BCUT2D eigenvalue weighted by Gasteiger charge is -2.35. The van der Waals surface area contributed by atoms with Gasteiger partial charge in [0.1, 0.15) is 138 Å². The van der Waals surface area contributed by atoms with Gasteiger partial charge in [-0.05, 0) is 102 Å². The minimum absolute atomic E-state index is 0.285. The maximum atomic E-state index is 15.1. The lowest BCUT2D eigenvalue weighted by Crippen LogP contribution is -2.49. The standard InChI is InChI=1S/C68H114O37/c1-16-68(17-2,18-3)43-105-55(93)67(15,39-101-50(88)62(10,31-81)32-94-51(89)63(11,33-95-44(82)56(4,19-69)20-70)34-96-45(83)57(5,21-71)22-72)42-104-54(92)66(14,40-102-52(90)64(12,35-97-46(84)58(6,23-73)24-74)36-98-47(85)59(7,25-75)26-76)41-103-53(91)65(13,37-99-48(86)60(8,27-77)28-78)38-100-49(87)61(9,29-79)30-80/h69-81H,16-43H2,1-15H3. The van der Waals surface area contributed by atoms with Crippen molar-refractivity contribution in [1.82, 2.24) is 0 Å². The number of hydrogen-bond acceptors (Lipinski definition) is 37. The molecule has 0 aromatic rings. The van der Waals surface area contributed by atoms with E-state index in [-0.39, 0.29) is 6.61 Å². The van der Waals surface area contributed by atoms with Crippen LogP contribution in [0, 0.1) is 70.4 Å². The average Bonchev–Trinajstić information content (AvgIpc) is 0.814. The molecule has 2 atom stereocenters. The number of carbonyl (C=O) groups excluding carboxylic acids is 12. The molecule has 0 saturated carbocycles. The lowest BCUT2D eigenvalue weighted by molar-refractivity contribution is -0.188.